The van der Waals surface area contributed by atoms with E-state index in [2.05, 4.69) is 17.4 Å². The van der Waals surface area contributed by atoms with Crippen LogP contribution in [0.25, 0.3) is 0 Å². The topological polar surface area (TPSA) is 24.5 Å². The van der Waals surface area contributed by atoms with Gasteiger partial charge in [0.15, 0.2) is 0 Å². The molecule has 0 amide bonds. The lowest BCUT2D eigenvalue weighted by molar-refractivity contribution is -0.00122. The molecule has 0 aromatic rings. The molecule has 16 heavy (non-hydrogen) atoms. The summed E-state index contributed by atoms with van der Waals surface area (Å²) in [6.45, 7) is 6.18. The van der Waals surface area contributed by atoms with Gasteiger partial charge < -0.3 is 4.74 Å². The Labute approximate surface area is 99.5 Å². The Kier molecular flexibility index (Phi) is 5.07. The first kappa shape index (κ1) is 12.3. The van der Waals surface area contributed by atoms with E-state index < -0.39 is 0 Å². The van der Waals surface area contributed by atoms with E-state index in [0.717, 1.165) is 38.3 Å². The lowest BCUT2D eigenvalue weighted by atomic mass is 9.84. The number of hydrazine groups is 1. The van der Waals surface area contributed by atoms with Crippen LogP contribution in [0.15, 0.2) is 0 Å². The molecule has 0 unspecified atom stereocenters. The Morgan fingerprint density at radius 2 is 1.81 bits per heavy atom. The van der Waals surface area contributed by atoms with Gasteiger partial charge in [-0.1, -0.05) is 19.8 Å². The molecule has 1 aliphatic carbocycles. The Bertz CT molecular complexity index is 184. The van der Waals surface area contributed by atoms with Crippen LogP contribution < -0.4 is 5.43 Å². The first-order valence-electron chi connectivity index (χ1n) is 6.97. The molecule has 1 saturated heterocycles. The van der Waals surface area contributed by atoms with E-state index in [4.69, 9.17) is 4.74 Å². The van der Waals surface area contributed by atoms with E-state index in [0.29, 0.717) is 0 Å². The van der Waals surface area contributed by atoms with Gasteiger partial charge in [0.25, 0.3) is 0 Å². The molecule has 94 valence electrons. The number of nitrogens with one attached hydrogen (secondary N) is 1. The first-order chi connectivity index (χ1) is 7.88. The maximum absolute atomic E-state index is 5.36. The molecule has 0 aromatic heterocycles. The first-order valence-corrected chi connectivity index (χ1v) is 6.97. The molecule has 0 atom stereocenters. The summed E-state index contributed by atoms with van der Waals surface area (Å²) in [5.74, 6) is 1.01. The largest absolute Gasteiger partial charge is 0.379 e. The van der Waals surface area contributed by atoms with Gasteiger partial charge in [-0.2, -0.15) is 0 Å². The summed E-state index contributed by atoms with van der Waals surface area (Å²) in [5.41, 5.74) is 3.67. The molecule has 3 nitrogen and oxygen atoms in total. The molecule has 2 fully saturated rings. The third kappa shape index (κ3) is 3.72. The molecule has 0 radical (unpaired) electrons. The predicted molar refractivity (Wildman–Crippen MR) is 66.2 cm³/mol. The summed E-state index contributed by atoms with van der Waals surface area (Å²) in [6, 6.07) is 0.728. The van der Waals surface area contributed by atoms with Gasteiger partial charge in [0.05, 0.1) is 13.2 Å². The van der Waals surface area contributed by atoms with Crippen LogP contribution >= 0.6 is 0 Å². The number of nitrogens with zero attached hydrogens (tertiary/aromatic N) is 1. The molecule has 1 aliphatic heterocycles. The van der Waals surface area contributed by atoms with Crippen molar-refractivity contribution < 1.29 is 4.74 Å². The van der Waals surface area contributed by atoms with Crippen LogP contribution in [0.3, 0.4) is 0 Å². The molecule has 1 heterocycles. The van der Waals surface area contributed by atoms with Gasteiger partial charge in [-0.15, -0.1) is 0 Å². The molecule has 3 heteroatoms. The monoisotopic (exact) mass is 226 g/mol. The van der Waals surface area contributed by atoms with Gasteiger partial charge in [-0.25, -0.2) is 5.01 Å². The predicted octanol–water partition coefficient (Wildman–Crippen LogP) is 2.18. The van der Waals surface area contributed by atoms with Crippen molar-refractivity contribution in [1.29, 1.82) is 0 Å². The average molecular weight is 226 g/mol. The second-order valence-electron chi connectivity index (χ2n) is 5.23. The van der Waals surface area contributed by atoms with E-state index in [1.54, 1.807) is 0 Å². The van der Waals surface area contributed by atoms with Crippen LogP contribution in [0.5, 0.6) is 0 Å². The molecular weight excluding hydrogens is 200 g/mol. The number of hydrogen-bond acceptors (Lipinski definition) is 3. The summed E-state index contributed by atoms with van der Waals surface area (Å²) in [7, 11) is 0. The van der Waals surface area contributed by atoms with Gasteiger partial charge in [0.1, 0.15) is 0 Å². The van der Waals surface area contributed by atoms with Gasteiger partial charge in [0.2, 0.25) is 0 Å². The van der Waals surface area contributed by atoms with Crippen molar-refractivity contribution >= 4 is 0 Å². The van der Waals surface area contributed by atoms with Crippen molar-refractivity contribution in [1.82, 2.24) is 10.4 Å². The van der Waals surface area contributed by atoms with Crippen molar-refractivity contribution in [2.75, 3.05) is 26.3 Å². The smallest absolute Gasteiger partial charge is 0.0608 e. The zero-order valence-corrected chi connectivity index (χ0v) is 10.6. The third-order valence-electron chi connectivity index (χ3n) is 3.92. The minimum atomic E-state index is 0.728. The average Bonchev–Trinajstić information content (AvgIpc) is 2.33. The fourth-order valence-corrected chi connectivity index (χ4v) is 2.94. The second kappa shape index (κ2) is 6.58. The van der Waals surface area contributed by atoms with Crippen LogP contribution in [0.4, 0.5) is 0 Å². The zero-order chi connectivity index (χ0) is 11.2. The normalized spacial score (nSPS) is 32.8. The van der Waals surface area contributed by atoms with Crippen molar-refractivity contribution in [3.63, 3.8) is 0 Å². The van der Waals surface area contributed by atoms with Crippen LogP contribution in [-0.4, -0.2) is 37.4 Å². The number of morpholine rings is 1. The molecule has 2 rings (SSSR count). The SMILES string of the molecule is CCCC1CCC(NN2CCOCC2)CC1. The quantitative estimate of drug-likeness (QED) is 0.795. The van der Waals surface area contributed by atoms with Crippen LogP contribution in [0, 0.1) is 5.92 Å². The molecule has 0 bridgehead atoms. The molecule has 1 N–H and O–H groups in total. The van der Waals surface area contributed by atoms with E-state index in [9.17, 15) is 0 Å². The highest BCUT2D eigenvalue weighted by atomic mass is 16.5. The Balaban J connectivity index is 1.64. The summed E-state index contributed by atoms with van der Waals surface area (Å²) in [4.78, 5) is 0. The van der Waals surface area contributed by atoms with E-state index in [1.165, 1.54) is 38.5 Å². The lowest BCUT2D eigenvalue weighted by Gasteiger charge is -2.35. The van der Waals surface area contributed by atoms with E-state index in [-0.39, 0.29) is 0 Å². The second-order valence-corrected chi connectivity index (χ2v) is 5.23. The summed E-state index contributed by atoms with van der Waals surface area (Å²) < 4.78 is 5.36. The Hall–Kier alpha value is -0.120. The minimum Gasteiger partial charge on any atom is -0.379 e. The molecule has 1 saturated carbocycles. The van der Waals surface area contributed by atoms with Gasteiger partial charge in [-0.3, -0.25) is 5.43 Å². The van der Waals surface area contributed by atoms with Gasteiger partial charge in [0, 0.05) is 19.1 Å². The molecular formula is C13H26N2O. The van der Waals surface area contributed by atoms with E-state index >= 15 is 0 Å². The summed E-state index contributed by atoms with van der Waals surface area (Å²) >= 11 is 0. The van der Waals surface area contributed by atoms with E-state index in [1.807, 2.05) is 0 Å². The Morgan fingerprint density at radius 1 is 1.12 bits per heavy atom. The van der Waals surface area contributed by atoms with Crippen molar-refractivity contribution in [2.45, 2.75) is 51.5 Å². The van der Waals surface area contributed by atoms with Crippen molar-refractivity contribution in [3.05, 3.63) is 0 Å². The number of rotatable bonds is 4. The highest BCUT2D eigenvalue weighted by Crippen LogP contribution is 2.27. The highest BCUT2D eigenvalue weighted by molar-refractivity contribution is 4.76. The maximum atomic E-state index is 5.36. The third-order valence-corrected chi connectivity index (χ3v) is 3.92. The molecule has 0 aromatic carbocycles. The highest BCUT2D eigenvalue weighted by Gasteiger charge is 2.22. The van der Waals surface area contributed by atoms with Gasteiger partial charge >= 0.3 is 0 Å². The number of ether oxygens (including phenoxy) is 1. The fourth-order valence-electron chi connectivity index (χ4n) is 2.94. The standard InChI is InChI=1S/C13H26N2O/c1-2-3-12-4-6-13(7-5-12)14-15-8-10-16-11-9-15/h12-14H,2-11H2,1H3. The van der Waals surface area contributed by atoms with Crippen LogP contribution in [0.1, 0.15) is 45.4 Å². The Morgan fingerprint density at radius 3 is 2.44 bits per heavy atom. The van der Waals surface area contributed by atoms with Crippen molar-refractivity contribution in [2.24, 2.45) is 5.92 Å². The summed E-state index contributed by atoms with van der Waals surface area (Å²) in [5, 5.41) is 2.36. The van der Waals surface area contributed by atoms with Crippen LogP contribution in [-0.2, 0) is 4.74 Å². The fraction of sp³-hybridized carbons (Fsp3) is 1.00. The van der Waals surface area contributed by atoms with Crippen LogP contribution in [0.2, 0.25) is 0 Å². The number of hydrogen-bond donors (Lipinski definition) is 1. The van der Waals surface area contributed by atoms with Gasteiger partial charge in [-0.05, 0) is 31.6 Å². The lowest BCUT2D eigenvalue weighted by Crippen LogP contribution is -2.50. The minimum absolute atomic E-state index is 0.728. The zero-order valence-electron chi connectivity index (χ0n) is 10.6. The molecule has 0 spiro atoms. The maximum Gasteiger partial charge on any atom is 0.0608 e. The molecule has 2 aliphatic rings. The summed E-state index contributed by atoms with van der Waals surface area (Å²) in [6.07, 6.45) is 8.37. The van der Waals surface area contributed by atoms with Crippen molar-refractivity contribution in [3.8, 4) is 0 Å².